The number of nitrogens with one attached hydrogen (secondary N) is 2. The highest BCUT2D eigenvalue weighted by molar-refractivity contribution is 9.11. The number of rotatable bonds is 6. The van der Waals surface area contributed by atoms with Gasteiger partial charge in [0.1, 0.15) is 5.75 Å². The topological polar surface area (TPSA) is 54.9 Å². The largest absolute Gasteiger partial charge is 0.489 e. The molecule has 0 aliphatic heterocycles. The Morgan fingerprint density at radius 3 is 2.55 bits per heavy atom. The van der Waals surface area contributed by atoms with Gasteiger partial charge in [-0.05, 0) is 75.6 Å². The van der Waals surface area contributed by atoms with E-state index in [1.807, 2.05) is 32.9 Å². The third-order valence-electron chi connectivity index (χ3n) is 2.91. The second-order valence-electron chi connectivity index (χ2n) is 5.02. The maximum atomic E-state index is 5.79. The summed E-state index contributed by atoms with van der Waals surface area (Å²) in [6.07, 6.45) is 0.919. The van der Waals surface area contributed by atoms with E-state index < -0.39 is 0 Å². The molecule has 0 spiro atoms. The van der Waals surface area contributed by atoms with Gasteiger partial charge in [-0.1, -0.05) is 6.92 Å². The molecule has 0 saturated heterocycles. The average Bonchev–Trinajstić information content (AvgIpc) is 2.80. The minimum absolute atomic E-state index is 0.118. The van der Waals surface area contributed by atoms with E-state index in [-0.39, 0.29) is 6.10 Å². The van der Waals surface area contributed by atoms with Crippen LogP contribution in [-0.4, -0.2) is 21.0 Å². The molecule has 0 aliphatic carbocycles. The molecule has 5 nitrogen and oxygen atoms in total. The van der Waals surface area contributed by atoms with Crippen molar-refractivity contribution in [1.82, 2.24) is 14.9 Å². The monoisotopic (exact) mass is 448 g/mol. The number of aromatic amines is 1. The molecule has 0 fully saturated rings. The number of hydrogen-bond donors (Lipinski definition) is 2. The van der Waals surface area contributed by atoms with E-state index in [0.717, 1.165) is 32.5 Å². The third kappa shape index (κ3) is 4.11. The number of aryl methyl sites for hydroxylation is 1. The number of benzene rings is 1. The van der Waals surface area contributed by atoms with Crippen molar-refractivity contribution in [3.05, 3.63) is 37.2 Å². The molecule has 2 aromatic rings. The average molecular weight is 450 g/mol. The third-order valence-corrected chi connectivity index (χ3v) is 4.36. The van der Waals surface area contributed by atoms with Gasteiger partial charge in [-0.3, -0.25) is 5.10 Å². The zero-order valence-corrected chi connectivity index (χ0v) is 16.6. The molecule has 0 atom stereocenters. The summed E-state index contributed by atoms with van der Waals surface area (Å²) < 4.78 is 9.98. The molecule has 1 aromatic heterocycles. The first-order valence-corrected chi connectivity index (χ1v) is 8.96. The van der Waals surface area contributed by atoms with Crippen LogP contribution in [0.5, 0.6) is 5.75 Å². The summed E-state index contributed by atoms with van der Waals surface area (Å²) >= 11 is 12.3. The van der Waals surface area contributed by atoms with E-state index in [1.54, 1.807) is 4.68 Å². The molecule has 8 heteroatoms. The van der Waals surface area contributed by atoms with Gasteiger partial charge in [0, 0.05) is 6.42 Å². The van der Waals surface area contributed by atoms with Crippen molar-refractivity contribution < 1.29 is 4.74 Å². The van der Waals surface area contributed by atoms with Crippen LogP contribution in [0.2, 0.25) is 0 Å². The summed E-state index contributed by atoms with van der Waals surface area (Å²) in [7, 11) is 0. The quantitative estimate of drug-likeness (QED) is 0.634. The van der Waals surface area contributed by atoms with Crippen molar-refractivity contribution in [1.29, 1.82) is 0 Å². The van der Waals surface area contributed by atoms with E-state index in [1.165, 1.54) is 0 Å². The van der Waals surface area contributed by atoms with Crippen LogP contribution in [0.3, 0.4) is 0 Å². The SMILES string of the molecule is CCc1n[nH]c(=S)n1NCc1cc(Br)c(OC(C)C)c(Br)c1. The summed E-state index contributed by atoms with van der Waals surface area (Å²) in [6.45, 7) is 6.66. The number of nitrogens with zero attached hydrogens (tertiary/aromatic N) is 2. The molecular weight excluding hydrogens is 432 g/mol. The van der Waals surface area contributed by atoms with Crippen LogP contribution in [0.1, 0.15) is 32.2 Å². The summed E-state index contributed by atoms with van der Waals surface area (Å²) in [5, 5.41) is 6.97. The Hall–Kier alpha value is -0.860. The Morgan fingerprint density at radius 1 is 1.36 bits per heavy atom. The fourth-order valence-corrected chi connectivity index (χ4v) is 3.65. The van der Waals surface area contributed by atoms with Gasteiger partial charge in [0.25, 0.3) is 0 Å². The minimum Gasteiger partial charge on any atom is -0.489 e. The smallest absolute Gasteiger partial charge is 0.214 e. The zero-order valence-electron chi connectivity index (χ0n) is 12.6. The van der Waals surface area contributed by atoms with Crippen molar-refractivity contribution in [2.45, 2.75) is 39.8 Å². The Balaban J connectivity index is 2.17. The molecule has 2 N–H and O–H groups in total. The number of aromatic nitrogens is 3. The molecule has 1 aromatic carbocycles. The van der Waals surface area contributed by atoms with Crippen molar-refractivity contribution in [2.24, 2.45) is 0 Å². The molecule has 0 aliphatic rings. The highest BCUT2D eigenvalue weighted by Gasteiger charge is 2.11. The number of halogens is 2. The maximum absolute atomic E-state index is 5.79. The Morgan fingerprint density at radius 2 is 2.00 bits per heavy atom. The van der Waals surface area contributed by atoms with Crippen molar-refractivity contribution >= 4 is 44.1 Å². The van der Waals surface area contributed by atoms with E-state index in [2.05, 4.69) is 47.5 Å². The predicted molar refractivity (Wildman–Crippen MR) is 97.5 cm³/mol. The molecular formula is C14H18Br2N4OS. The van der Waals surface area contributed by atoms with Crippen LogP contribution in [0, 0.1) is 4.77 Å². The summed E-state index contributed by atoms with van der Waals surface area (Å²) in [6, 6.07) is 4.07. The fourth-order valence-electron chi connectivity index (χ4n) is 1.96. The molecule has 1 heterocycles. The number of hydrogen-bond acceptors (Lipinski definition) is 4. The maximum Gasteiger partial charge on any atom is 0.214 e. The standard InChI is InChI=1S/C14H18Br2N4OS/c1-4-12-18-19-14(22)20(12)17-7-9-5-10(15)13(11(16)6-9)21-8(2)3/h5-6,8,17H,4,7H2,1-3H3,(H,19,22). The van der Waals surface area contributed by atoms with Gasteiger partial charge in [0.05, 0.1) is 21.6 Å². The van der Waals surface area contributed by atoms with Gasteiger partial charge in [0.2, 0.25) is 4.77 Å². The summed E-state index contributed by atoms with van der Waals surface area (Å²) in [5.41, 5.74) is 4.38. The van der Waals surface area contributed by atoms with E-state index >= 15 is 0 Å². The lowest BCUT2D eigenvalue weighted by Crippen LogP contribution is -2.17. The van der Waals surface area contributed by atoms with Crippen LogP contribution < -0.4 is 10.2 Å². The first-order valence-electron chi connectivity index (χ1n) is 6.97. The number of H-pyrrole nitrogens is 1. The summed E-state index contributed by atoms with van der Waals surface area (Å²) in [5.74, 6) is 1.69. The molecule has 0 unspecified atom stereocenters. The molecule has 0 bridgehead atoms. The minimum atomic E-state index is 0.118. The molecule has 0 amide bonds. The van der Waals surface area contributed by atoms with E-state index in [0.29, 0.717) is 11.3 Å². The Kier molecular flexibility index (Phi) is 6.05. The van der Waals surface area contributed by atoms with Gasteiger partial charge in [-0.2, -0.15) is 5.10 Å². The van der Waals surface area contributed by atoms with Crippen molar-refractivity contribution in [2.75, 3.05) is 5.43 Å². The van der Waals surface area contributed by atoms with Crippen molar-refractivity contribution in [3.63, 3.8) is 0 Å². The second kappa shape index (κ2) is 7.61. The second-order valence-corrected chi connectivity index (χ2v) is 7.12. The zero-order chi connectivity index (χ0) is 16.3. The molecule has 0 radical (unpaired) electrons. The fraction of sp³-hybridized carbons (Fsp3) is 0.429. The normalized spacial score (nSPS) is 11.0. The van der Waals surface area contributed by atoms with Gasteiger partial charge in [-0.25, -0.2) is 4.68 Å². The first kappa shape index (κ1) is 17.5. The van der Waals surface area contributed by atoms with Crippen LogP contribution in [-0.2, 0) is 13.0 Å². The molecule has 120 valence electrons. The lowest BCUT2D eigenvalue weighted by atomic mass is 10.2. The highest BCUT2D eigenvalue weighted by Crippen LogP contribution is 2.35. The molecule has 2 rings (SSSR count). The predicted octanol–water partition coefficient (Wildman–Crippen LogP) is 4.56. The van der Waals surface area contributed by atoms with Gasteiger partial charge >= 0.3 is 0 Å². The lowest BCUT2D eigenvalue weighted by molar-refractivity contribution is 0.239. The van der Waals surface area contributed by atoms with Crippen LogP contribution in [0.25, 0.3) is 0 Å². The van der Waals surface area contributed by atoms with Gasteiger partial charge in [0.15, 0.2) is 5.82 Å². The van der Waals surface area contributed by atoms with Crippen LogP contribution >= 0.6 is 44.1 Å². The number of ether oxygens (including phenoxy) is 1. The van der Waals surface area contributed by atoms with E-state index in [4.69, 9.17) is 17.0 Å². The molecule has 0 saturated carbocycles. The van der Waals surface area contributed by atoms with Gasteiger partial charge < -0.3 is 10.2 Å². The Labute approximate surface area is 151 Å². The lowest BCUT2D eigenvalue weighted by Gasteiger charge is -2.15. The van der Waals surface area contributed by atoms with Crippen LogP contribution in [0.15, 0.2) is 21.1 Å². The van der Waals surface area contributed by atoms with Crippen molar-refractivity contribution in [3.8, 4) is 5.75 Å². The Bertz CT molecular complexity index is 688. The highest BCUT2D eigenvalue weighted by atomic mass is 79.9. The van der Waals surface area contributed by atoms with Gasteiger partial charge in [-0.15, -0.1) is 0 Å². The molecule has 22 heavy (non-hydrogen) atoms. The summed E-state index contributed by atoms with van der Waals surface area (Å²) in [4.78, 5) is 0. The van der Waals surface area contributed by atoms with Crippen LogP contribution in [0.4, 0.5) is 0 Å². The van der Waals surface area contributed by atoms with E-state index in [9.17, 15) is 0 Å². The first-order chi connectivity index (χ1) is 10.4.